The number of nitrogens with one attached hydrogen (secondary N) is 2. The van der Waals surface area contributed by atoms with Crippen molar-refractivity contribution in [2.24, 2.45) is 0 Å². The summed E-state index contributed by atoms with van der Waals surface area (Å²) in [4.78, 5) is 16.4. The van der Waals surface area contributed by atoms with Crippen LogP contribution in [-0.2, 0) is 21.5 Å². The van der Waals surface area contributed by atoms with Gasteiger partial charge in [0.1, 0.15) is 5.75 Å². The molecule has 0 heterocycles. The van der Waals surface area contributed by atoms with Gasteiger partial charge in [0.05, 0.1) is 13.2 Å². The molecule has 0 bridgehead atoms. The molecule has 0 aliphatic carbocycles. The molecule has 1 aromatic carbocycles. The number of phenolic OH excluding ortho intramolecular Hbond substituents is 1. The van der Waals surface area contributed by atoms with E-state index in [-0.39, 0.29) is 23.1 Å². The molecule has 5 heteroatoms. The van der Waals surface area contributed by atoms with E-state index >= 15 is 0 Å². The third-order valence-corrected chi connectivity index (χ3v) is 3.18. The second-order valence-electron chi connectivity index (χ2n) is 5.82. The van der Waals surface area contributed by atoms with Crippen molar-refractivity contribution in [1.29, 1.82) is 0 Å². The van der Waals surface area contributed by atoms with E-state index < -0.39 is 0 Å². The van der Waals surface area contributed by atoms with E-state index in [4.69, 9.17) is 0 Å². The van der Waals surface area contributed by atoms with Gasteiger partial charge in [-0.3, -0.25) is 9.63 Å². The first kappa shape index (κ1) is 16.5. The van der Waals surface area contributed by atoms with Crippen LogP contribution in [0.25, 0.3) is 0 Å². The summed E-state index contributed by atoms with van der Waals surface area (Å²) in [5, 5.41) is 12.9. The summed E-state index contributed by atoms with van der Waals surface area (Å²) >= 11 is 0. The Balaban J connectivity index is 2.95. The van der Waals surface area contributed by atoms with Crippen molar-refractivity contribution >= 4 is 5.91 Å². The summed E-state index contributed by atoms with van der Waals surface area (Å²) in [5.41, 5.74) is 4.03. The number of rotatable bonds is 5. The molecule has 0 aliphatic rings. The third kappa shape index (κ3) is 4.21. The largest absolute Gasteiger partial charge is 0.508 e. The molecule has 0 fully saturated rings. The van der Waals surface area contributed by atoms with Gasteiger partial charge in [-0.1, -0.05) is 32.9 Å². The fraction of sp³-hybridized carbons (Fsp3) is 0.533. The Morgan fingerprint density at radius 3 is 2.55 bits per heavy atom. The first-order valence-corrected chi connectivity index (χ1v) is 6.62. The maximum atomic E-state index is 11.8. The Morgan fingerprint density at radius 2 is 2.05 bits per heavy atom. The van der Waals surface area contributed by atoms with Gasteiger partial charge >= 0.3 is 0 Å². The molecule has 112 valence electrons. The third-order valence-electron chi connectivity index (χ3n) is 3.18. The smallest absolute Gasteiger partial charge is 0.260 e. The number of aromatic hydroxyl groups is 1. The summed E-state index contributed by atoms with van der Waals surface area (Å²) in [6, 6.07) is 5.07. The molecule has 20 heavy (non-hydrogen) atoms. The quantitative estimate of drug-likeness (QED) is 0.715. The number of amides is 1. The van der Waals surface area contributed by atoms with Crippen molar-refractivity contribution in [3.05, 3.63) is 29.3 Å². The number of phenols is 1. The van der Waals surface area contributed by atoms with Crippen molar-refractivity contribution < 1.29 is 14.7 Å². The van der Waals surface area contributed by atoms with Crippen LogP contribution in [0.2, 0.25) is 0 Å². The van der Waals surface area contributed by atoms with E-state index in [0.29, 0.717) is 6.42 Å². The summed E-state index contributed by atoms with van der Waals surface area (Å²) in [7, 11) is 3.13. The van der Waals surface area contributed by atoms with Gasteiger partial charge < -0.3 is 10.4 Å². The predicted octanol–water partition coefficient (Wildman–Crippen LogP) is 1.50. The molecule has 0 saturated carbocycles. The monoisotopic (exact) mass is 280 g/mol. The lowest BCUT2D eigenvalue weighted by Gasteiger charge is -2.22. The van der Waals surface area contributed by atoms with Crippen LogP contribution >= 0.6 is 0 Å². The molecule has 0 aromatic heterocycles. The lowest BCUT2D eigenvalue weighted by atomic mass is 9.85. The minimum atomic E-state index is -0.382. The normalized spacial score (nSPS) is 13.1. The standard InChI is InChI=1S/C15H24N2O3/c1-15(2,3)11-8-10(6-7-13(11)18)9-12(16-4)14(19)17-20-5/h6-8,12,16,18H,9H2,1-5H3,(H,17,19)/t12-/m0/s1. The van der Waals surface area contributed by atoms with Crippen LogP contribution in [0.4, 0.5) is 0 Å². The molecule has 3 N–H and O–H groups in total. The van der Waals surface area contributed by atoms with Crippen LogP contribution in [-0.4, -0.2) is 31.2 Å². The van der Waals surface area contributed by atoms with Crippen molar-refractivity contribution in [1.82, 2.24) is 10.8 Å². The number of hydroxylamine groups is 1. The van der Waals surface area contributed by atoms with Crippen LogP contribution < -0.4 is 10.8 Å². The second kappa shape index (κ2) is 6.72. The minimum absolute atomic E-state index is 0.149. The molecule has 0 unspecified atom stereocenters. The first-order chi connectivity index (χ1) is 9.29. The van der Waals surface area contributed by atoms with E-state index in [2.05, 4.69) is 15.6 Å². The average molecular weight is 280 g/mol. The first-order valence-electron chi connectivity index (χ1n) is 6.62. The summed E-state index contributed by atoms with van der Waals surface area (Å²) in [6.45, 7) is 6.12. The molecule has 0 spiro atoms. The molecule has 1 atom stereocenters. The molecule has 0 aliphatic heterocycles. The molecule has 1 amide bonds. The number of hydrogen-bond acceptors (Lipinski definition) is 4. The van der Waals surface area contributed by atoms with Crippen molar-refractivity contribution in [3.63, 3.8) is 0 Å². The zero-order chi connectivity index (χ0) is 15.3. The Labute approximate surface area is 120 Å². The van der Waals surface area contributed by atoms with Gasteiger partial charge in [-0.25, -0.2) is 5.48 Å². The highest BCUT2D eigenvalue weighted by Crippen LogP contribution is 2.31. The topological polar surface area (TPSA) is 70.6 Å². The Morgan fingerprint density at radius 1 is 1.40 bits per heavy atom. The maximum Gasteiger partial charge on any atom is 0.260 e. The van der Waals surface area contributed by atoms with Crippen molar-refractivity contribution in [2.75, 3.05) is 14.2 Å². The molecule has 1 rings (SSSR count). The summed E-state index contributed by atoms with van der Waals surface area (Å²) < 4.78 is 0. The Kier molecular flexibility index (Phi) is 5.53. The fourth-order valence-electron chi connectivity index (χ4n) is 2.04. The predicted molar refractivity (Wildman–Crippen MR) is 78.5 cm³/mol. The van der Waals surface area contributed by atoms with Crippen LogP contribution in [0, 0.1) is 0 Å². The van der Waals surface area contributed by atoms with Crippen LogP contribution in [0.1, 0.15) is 31.9 Å². The van der Waals surface area contributed by atoms with E-state index in [1.54, 1.807) is 13.1 Å². The van der Waals surface area contributed by atoms with Gasteiger partial charge in [0.2, 0.25) is 0 Å². The van der Waals surface area contributed by atoms with Crippen LogP contribution in [0.5, 0.6) is 5.75 Å². The molecule has 0 radical (unpaired) electrons. The van der Waals surface area contributed by atoms with E-state index in [0.717, 1.165) is 11.1 Å². The minimum Gasteiger partial charge on any atom is -0.508 e. The average Bonchev–Trinajstić information content (AvgIpc) is 2.36. The number of likely N-dealkylation sites (N-methyl/N-ethyl adjacent to an activating group) is 1. The van der Waals surface area contributed by atoms with Gasteiger partial charge in [-0.05, 0) is 36.1 Å². The lowest BCUT2D eigenvalue weighted by molar-refractivity contribution is -0.133. The molecule has 5 nitrogen and oxygen atoms in total. The van der Waals surface area contributed by atoms with Crippen molar-refractivity contribution in [2.45, 2.75) is 38.6 Å². The van der Waals surface area contributed by atoms with Gasteiger partial charge in [-0.2, -0.15) is 0 Å². The highest BCUT2D eigenvalue weighted by molar-refractivity contribution is 5.81. The fourth-order valence-corrected chi connectivity index (χ4v) is 2.04. The van der Waals surface area contributed by atoms with Gasteiger partial charge in [0.25, 0.3) is 5.91 Å². The maximum absolute atomic E-state index is 11.8. The molecule has 0 saturated heterocycles. The van der Waals surface area contributed by atoms with Crippen LogP contribution in [0.15, 0.2) is 18.2 Å². The Hall–Kier alpha value is -1.59. The van der Waals surface area contributed by atoms with Crippen LogP contribution in [0.3, 0.4) is 0 Å². The highest BCUT2D eigenvalue weighted by atomic mass is 16.6. The summed E-state index contributed by atoms with van der Waals surface area (Å²) in [6.07, 6.45) is 0.523. The number of carbonyl (C=O) groups is 1. The number of carbonyl (C=O) groups excluding carboxylic acids is 1. The number of hydrogen-bond donors (Lipinski definition) is 3. The molecular formula is C15H24N2O3. The zero-order valence-electron chi connectivity index (χ0n) is 12.8. The van der Waals surface area contributed by atoms with E-state index in [1.807, 2.05) is 32.9 Å². The van der Waals surface area contributed by atoms with Gasteiger partial charge in [0, 0.05) is 0 Å². The molecule has 1 aromatic rings. The van der Waals surface area contributed by atoms with Crippen molar-refractivity contribution in [3.8, 4) is 5.75 Å². The van der Waals surface area contributed by atoms with Gasteiger partial charge in [-0.15, -0.1) is 0 Å². The number of benzene rings is 1. The van der Waals surface area contributed by atoms with E-state index in [9.17, 15) is 9.90 Å². The highest BCUT2D eigenvalue weighted by Gasteiger charge is 2.21. The van der Waals surface area contributed by atoms with Gasteiger partial charge in [0.15, 0.2) is 0 Å². The Bertz CT molecular complexity index is 467. The van der Waals surface area contributed by atoms with E-state index in [1.165, 1.54) is 7.11 Å². The SMILES string of the molecule is CN[C@@H](Cc1ccc(O)c(C(C)(C)C)c1)C(=O)NOC. The second-order valence-corrected chi connectivity index (χ2v) is 5.82. The molecular weight excluding hydrogens is 256 g/mol. The lowest BCUT2D eigenvalue weighted by Crippen LogP contribution is -2.43. The zero-order valence-corrected chi connectivity index (χ0v) is 12.8. The summed E-state index contributed by atoms with van der Waals surface area (Å²) in [5.74, 6) is 0.0592.